The lowest BCUT2D eigenvalue weighted by Crippen LogP contribution is -2.56. The van der Waals surface area contributed by atoms with Crippen molar-refractivity contribution in [1.29, 1.82) is 0 Å². The van der Waals surface area contributed by atoms with Crippen molar-refractivity contribution in [3.8, 4) is 0 Å². The monoisotopic (exact) mass is 488 g/mol. The molecule has 192 valence electrons. The number of nitrogens with zero attached hydrogens (tertiary/aromatic N) is 1. The minimum absolute atomic E-state index is 0.00751. The van der Waals surface area contributed by atoms with E-state index in [1.54, 1.807) is 0 Å². The second kappa shape index (κ2) is 15.0. The second-order valence-corrected chi connectivity index (χ2v) is 7.35. The molecule has 0 bridgehead atoms. The van der Waals surface area contributed by atoms with Crippen molar-refractivity contribution in [2.75, 3.05) is 6.54 Å². The van der Waals surface area contributed by atoms with E-state index in [1.165, 1.54) is 6.92 Å². The predicted molar refractivity (Wildman–Crippen MR) is 118 cm³/mol. The van der Waals surface area contributed by atoms with Gasteiger partial charge in [-0.2, -0.15) is 0 Å². The first-order valence-electron chi connectivity index (χ1n) is 10.2. The molecule has 0 spiro atoms. The highest BCUT2D eigenvalue weighted by molar-refractivity contribution is 5.95. The molecule has 0 aromatic rings. The largest absolute Gasteiger partial charge is 0.481 e. The first-order chi connectivity index (χ1) is 15.7. The molecule has 0 aliphatic rings. The van der Waals surface area contributed by atoms with Crippen LogP contribution in [0.15, 0.2) is 4.99 Å². The molecule has 0 fully saturated rings. The van der Waals surface area contributed by atoms with Crippen LogP contribution in [0.2, 0.25) is 0 Å². The number of aliphatic carboxylic acids is 2. The Morgan fingerprint density at radius 2 is 1.44 bits per heavy atom. The van der Waals surface area contributed by atoms with E-state index in [2.05, 4.69) is 20.9 Å². The average Bonchev–Trinajstić information content (AvgIpc) is 2.71. The molecule has 16 nitrogen and oxygen atoms in total. The highest BCUT2D eigenvalue weighted by Gasteiger charge is 2.29. The van der Waals surface area contributed by atoms with E-state index in [0.29, 0.717) is 0 Å². The molecule has 0 aromatic carbocycles. The summed E-state index contributed by atoms with van der Waals surface area (Å²) >= 11 is 0. The van der Waals surface area contributed by atoms with Crippen molar-refractivity contribution in [2.45, 2.75) is 63.2 Å². The molecule has 4 amide bonds. The van der Waals surface area contributed by atoms with Crippen molar-refractivity contribution in [2.24, 2.45) is 27.9 Å². The highest BCUT2D eigenvalue weighted by atomic mass is 16.4. The minimum atomic E-state index is -1.40. The summed E-state index contributed by atoms with van der Waals surface area (Å²) in [6, 6.07) is -5.28. The Labute approximate surface area is 194 Å². The van der Waals surface area contributed by atoms with E-state index >= 15 is 0 Å². The summed E-state index contributed by atoms with van der Waals surface area (Å²) in [6.07, 6.45) is -1.08. The second-order valence-electron chi connectivity index (χ2n) is 7.35. The maximum atomic E-state index is 12.6. The number of hydrogen-bond donors (Lipinski definition) is 9. The van der Waals surface area contributed by atoms with Crippen LogP contribution in [-0.4, -0.2) is 82.5 Å². The average molecular weight is 489 g/mol. The van der Waals surface area contributed by atoms with Crippen LogP contribution in [-0.2, 0) is 28.8 Å². The molecule has 4 atom stereocenters. The van der Waals surface area contributed by atoms with E-state index in [1.807, 2.05) is 0 Å². The van der Waals surface area contributed by atoms with E-state index < -0.39 is 72.6 Å². The maximum absolute atomic E-state index is 12.6. The third kappa shape index (κ3) is 12.8. The summed E-state index contributed by atoms with van der Waals surface area (Å²) in [7, 11) is 0. The van der Waals surface area contributed by atoms with Gasteiger partial charge in [0, 0.05) is 13.0 Å². The molecule has 0 aliphatic heterocycles. The quantitative estimate of drug-likeness (QED) is 0.0568. The van der Waals surface area contributed by atoms with Gasteiger partial charge in [-0.05, 0) is 26.2 Å². The van der Waals surface area contributed by atoms with Crippen LogP contribution >= 0.6 is 0 Å². The van der Waals surface area contributed by atoms with Crippen molar-refractivity contribution in [1.82, 2.24) is 16.0 Å². The normalized spacial score (nSPS) is 13.9. The molecular formula is C18H32N8O8. The Morgan fingerprint density at radius 3 is 1.94 bits per heavy atom. The fraction of sp³-hybridized carbons (Fsp3) is 0.611. The van der Waals surface area contributed by atoms with Crippen molar-refractivity contribution < 1.29 is 39.0 Å². The molecule has 34 heavy (non-hydrogen) atoms. The Balaban J connectivity index is 5.10. The molecule has 0 aliphatic carbocycles. The van der Waals surface area contributed by atoms with Gasteiger partial charge in [0.05, 0.1) is 12.5 Å². The van der Waals surface area contributed by atoms with Gasteiger partial charge in [0.1, 0.15) is 18.1 Å². The van der Waals surface area contributed by atoms with Crippen LogP contribution in [0, 0.1) is 0 Å². The summed E-state index contributed by atoms with van der Waals surface area (Å²) in [5.74, 6) is -6.25. The van der Waals surface area contributed by atoms with Gasteiger partial charge in [-0.15, -0.1) is 0 Å². The topological polar surface area (TPSA) is 295 Å². The van der Waals surface area contributed by atoms with Crippen LogP contribution < -0.4 is 38.9 Å². The molecule has 0 radical (unpaired) electrons. The zero-order valence-corrected chi connectivity index (χ0v) is 18.7. The first kappa shape index (κ1) is 30.1. The summed E-state index contributed by atoms with van der Waals surface area (Å²) in [5.41, 5.74) is 20.9. The summed E-state index contributed by atoms with van der Waals surface area (Å²) in [6.45, 7) is 1.41. The smallest absolute Gasteiger partial charge is 0.326 e. The summed E-state index contributed by atoms with van der Waals surface area (Å²) in [4.78, 5) is 73.9. The number of hydrogen-bond acceptors (Lipinski definition) is 8. The number of carboxylic acids is 2. The van der Waals surface area contributed by atoms with E-state index in [-0.39, 0.29) is 31.8 Å². The van der Waals surface area contributed by atoms with E-state index in [9.17, 15) is 33.9 Å². The van der Waals surface area contributed by atoms with E-state index in [0.717, 1.165) is 0 Å². The van der Waals surface area contributed by atoms with Crippen molar-refractivity contribution in [3.63, 3.8) is 0 Å². The number of primary amides is 1. The molecule has 0 saturated heterocycles. The molecule has 0 heterocycles. The maximum Gasteiger partial charge on any atom is 0.326 e. The van der Waals surface area contributed by atoms with Crippen LogP contribution in [0.5, 0.6) is 0 Å². The first-order valence-corrected chi connectivity index (χ1v) is 10.2. The number of nitrogens with two attached hydrogens (primary N) is 4. The van der Waals surface area contributed by atoms with E-state index in [4.69, 9.17) is 28.0 Å². The van der Waals surface area contributed by atoms with Gasteiger partial charge in [-0.25, -0.2) is 4.79 Å². The summed E-state index contributed by atoms with van der Waals surface area (Å²) < 4.78 is 0. The highest BCUT2D eigenvalue weighted by Crippen LogP contribution is 2.03. The predicted octanol–water partition coefficient (Wildman–Crippen LogP) is -4.33. The number of rotatable bonds is 16. The van der Waals surface area contributed by atoms with Crippen LogP contribution in [0.4, 0.5) is 0 Å². The zero-order valence-electron chi connectivity index (χ0n) is 18.7. The van der Waals surface area contributed by atoms with Crippen molar-refractivity contribution in [3.05, 3.63) is 0 Å². The molecular weight excluding hydrogens is 456 g/mol. The number of carboxylic acid groups (broad SMARTS) is 2. The Kier molecular flexibility index (Phi) is 13.2. The molecule has 0 saturated carbocycles. The Morgan fingerprint density at radius 1 is 0.853 bits per heavy atom. The third-order valence-corrected chi connectivity index (χ3v) is 4.35. The molecule has 13 N–H and O–H groups in total. The molecule has 4 unspecified atom stereocenters. The van der Waals surface area contributed by atoms with Crippen LogP contribution in [0.1, 0.15) is 39.0 Å². The zero-order chi connectivity index (χ0) is 26.4. The van der Waals surface area contributed by atoms with Crippen LogP contribution in [0.3, 0.4) is 0 Å². The number of carbonyl (C=O) groups excluding carboxylic acids is 4. The van der Waals surface area contributed by atoms with Gasteiger partial charge in [0.15, 0.2) is 5.96 Å². The SMILES string of the molecule is CC(NC(=O)C(CCC(=O)O)NC(=O)C(N)CC(N)=O)C(=O)NC(CCCN=C(N)N)C(=O)O. The fourth-order valence-corrected chi connectivity index (χ4v) is 2.56. The Bertz CT molecular complexity index is 799. The van der Waals surface area contributed by atoms with Crippen molar-refractivity contribution >= 4 is 41.5 Å². The molecule has 0 rings (SSSR count). The van der Waals surface area contributed by atoms with Gasteiger partial charge in [0.2, 0.25) is 23.6 Å². The number of aliphatic imine (C=N–C) groups is 1. The van der Waals surface area contributed by atoms with Gasteiger partial charge < -0.3 is 49.1 Å². The molecule has 0 aromatic heterocycles. The third-order valence-electron chi connectivity index (χ3n) is 4.35. The summed E-state index contributed by atoms with van der Waals surface area (Å²) in [5, 5.41) is 24.9. The Hall–Kier alpha value is -3.95. The van der Waals surface area contributed by atoms with Crippen LogP contribution in [0.25, 0.3) is 0 Å². The standard InChI is InChI=1S/C18H32N8O8/c1-8(14(30)26-11(17(33)34)3-2-6-23-18(21)22)24-16(32)10(4-5-13(28)29)25-15(31)9(19)7-12(20)27/h8-11H,2-7,19H2,1H3,(H2,20,27)(H,24,32)(H,25,31)(H,26,30)(H,28,29)(H,33,34)(H4,21,22,23). The molecule has 16 heteroatoms. The lowest BCUT2D eigenvalue weighted by molar-refractivity contribution is -0.142. The fourth-order valence-electron chi connectivity index (χ4n) is 2.56. The lowest BCUT2D eigenvalue weighted by atomic mass is 10.1. The number of carbonyl (C=O) groups is 6. The number of guanidine groups is 1. The number of amides is 4. The van der Waals surface area contributed by atoms with Gasteiger partial charge in [-0.3, -0.25) is 29.0 Å². The minimum Gasteiger partial charge on any atom is -0.481 e. The number of nitrogens with one attached hydrogen (secondary N) is 3. The van der Waals surface area contributed by atoms with Gasteiger partial charge in [0.25, 0.3) is 0 Å². The lowest BCUT2D eigenvalue weighted by Gasteiger charge is -2.23. The van der Waals surface area contributed by atoms with Gasteiger partial charge in [-0.1, -0.05) is 0 Å². The van der Waals surface area contributed by atoms with Gasteiger partial charge >= 0.3 is 11.9 Å².